The second-order valence-electron chi connectivity index (χ2n) is 7.55. The maximum Gasteiger partial charge on any atom is 0.338 e. The third kappa shape index (κ3) is 4.81. The van der Waals surface area contributed by atoms with Crippen molar-refractivity contribution in [3.05, 3.63) is 83.2 Å². The highest BCUT2D eigenvalue weighted by Gasteiger charge is 2.35. The van der Waals surface area contributed by atoms with Gasteiger partial charge in [0.2, 0.25) is 0 Å². The molecule has 3 aromatic rings. The van der Waals surface area contributed by atoms with Gasteiger partial charge in [0.15, 0.2) is 16.3 Å². The van der Waals surface area contributed by atoms with Crippen LogP contribution in [-0.2, 0) is 9.53 Å². The highest BCUT2D eigenvalue weighted by atomic mass is 79.9. The van der Waals surface area contributed by atoms with Crippen molar-refractivity contribution >= 4 is 39.3 Å². The first kappa shape index (κ1) is 24.9. The quantitative estimate of drug-likeness (QED) is 0.413. The molecule has 2 aromatic heterocycles. The van der Waals surface area contributed by atoms with Crippen LogP contribution in [0.1, 0.15) is 37.9 Å². The monoisotopic (exact) mass is 557 g/mol. The molecule has 0 radical (unpaired) electrons. The van der Waals surface area contributed by atoms with Crippen molar-refractivity contribution < 1.29 is 19.0 Å². The van der Waals surface area contributed by atoms with Crippen LogP contribution < -0.4 is 24.4 Å². The largest absolute Gasteiger partial charge is 0.493 e. The molecule has 0 spiro atoms. The van der Waals surface area contributed by atoms with Crippen molar-refractivity contribution in [2.75, 3.05) is 20.3 Å². The van der Waals surface area contributed by atoms with Gasteiger partial charge in [0.1, 0.15) is 0 Å². The van der Waals surface area contributed by atoms with E-state index in [2.05, 4.69) is 25.9 Å². The van der Waals surface area contributed by atoms with Gasteiger partial charge in [-0.3, -0.25) is 14.3 Å². The van der Waals surface area contributed by atoms with Gasteiger partial charge in [-0.1, -0.05) is 33.3 Å². The third-order valence-corrected chi connectivity index (χ3v) is 7.05. The Balaban J connectivity index is 2.00. The minimum Gasteiger partial charge on any atom is -0.493 e. The standard InChI is InChI=1S/C25H24BrN3O5S/c1-5-33-19-12-17(26)16(11-18(19)32-4)22-21(24(31)34-6-2)14(3)28-25-29(22)23(30)20(35-25)10-15-8-7-9-27-13-15/h7-13,22H,5-6H2,1-4H3/b20-10+/t22-/m1/s1. The molecule has 10 heteroatoms. The maximum atomic E-state index is 13.7. The van der Waals surface area contributed by atoms with Gasteiger partial charge in [-0.2, -0.15) is 0 Å². The molecule has 8 nitrogen and oxygen atoms in total. The van der Waals surface area contributed by atoms with Gasteiger partial charge in [0.25, 0.3) is 5.56 Å². The van der Waals surface area contributed by atoms with E-state index >= 15 is 0 Å². The highest BCUT2D eigenvalue weighted by molar-refractivity contribution is 9.10. The summed E-state index contributed by atoms with van der Waals surface area (Å²) in [6.45, 7) is 6.02. The number of allylic oxidation sites excluding steroid dienone is 1. The van der Waals surface area contributed by atoms with Crippen molar-refractivity contribution in [1.82, 2.24) is 9.55 Å². The van der Waals surface area contributed by atoms with Gasteiger partial charge in [-0.05, 0) is 56.2 Å². The topological polar surface area (TPSA) is 92.0 Å². The fourth-order valence-electron chi connectivity index (χ4n) is 3.89. The van der Waals surface area contributed by atoms with Crippen molar-refractivity contribution in [2.45, 2.75) is 26.8 Å². The molecule has 0 unspecified atom stereocenters. The number of methoxy groups -OCH3 is 1. The molecule has 0 bridgehead atoms. The predicted octanol–water partition coefficient (Wildman–Crippen LogP) is 3.36. The minimum absolute atomic E-state index is 0.196. The predicted molar refractivity (Wildman–Crippen MR) is 136 cm³/mol. The Bertz CT molecular complexity index is 1480. The van der Waals surface area contributed by atoms with Crippen molar-refractivity contribution in [3.63, 3.8) is 0 Å². The van der Waals surface area contributed by atoms with E-state index in [1.807, 2.05) is 13.0 Å². The second kappa shape index (κ2) is 10.6. The summed E-state index contributed by atoms with van der Waals surface area (Å²) in [4.78, 5) is 36.0. The molecule has 0 amide bonds. The number of rotatable bonds is 7. The zero-order valence-corrected chi connectivity index (χ0v) is 22.1. The number of benzene rings is 1. The number of hydrogen-bond donors (Lipinski definition) is 0. The lowest BCUT2D eigenvalue weighted by Gasteiger charge is -2.26. The number of esters is 1. The summed E-state index contributed by atoms with van der Waals surface area (Å²) < 4.78 is 19.3. The molecule has 4 rings (SSSR count). The Morgan fingerprint density at radius 3 is 2.71 bits per heavy atom. The SMILES string of the molecule is CCOC(=O)C1=C(C)N=c2s/c(=C/c3cccnc3)c(=O)n2[C@@H]1c1cc(OC)c(OCC)cc1Br. The van der Waals surface area contributed by atoms with Gasteiger partial charge < -0.3 is 14.2 Å². The Kier molecular flexibility index (Phi) is 7.51. The highest BCUT2D eigenvalue weighted by Crippen LogP contribution is 2.40. The van der Waals surface area contributed by atoms with Crippen LogP contribution in [0.25, 0.3) is 6.08 Å². The number of ether oxygens (including phenoxy) is 3. The van der Waals surface area contributed by atoms with E-state index in [-0.39, 0.29) is 12.2 Å². The summed E-state index contributed by atoms with van der Waals surface area (Å²) in [5, 5.41) is 0. The summed E-state index contributed by atoms with van der Waals surface area (Å²) in [5.41, 5.74) is 1.95. The van der Waals surface area contributed by atoms with Crippen LogP contribution in [0.4, 0.5) is 0 Å². The zero-order chi connectivity index (χ0) is 25.1. The molecule has 0 saturated heterocycles. The Hall–Kier alpha value is -3.24. The first-order valence-corrected chi connectivity index (χ1v) is 12.6. The number of nitrogens with zero attached hydrogens (tertiary/aromatic N) is 3. The molecule has 182 valence electrons. The number of fused-ring (bicyclic) bond motifs is 1. The number of thiazole rings is 1. The fourth-order valence-corrected chi connectivity index (χ4v) is 5.47. The van der Waals surface area contributed by atoms with Crippen LogP contribution >= 0.6 is 27.3 Å². The summed E-state index contributed by atoms with van der Waals surface area (Å²) in [6, 6.07) is 6.45. The molecule has 1 aliphatic heterocycles. The molecule has 0 N–H and O–H groups in total. The fraction of sp³-hybridized carbons (Fsp3) is 0.280. The molecular formula is C25H24BrN3O5S. The lowest BCUT2D eigenvalue weighted by molar-refractivity contribution is -0.139. The number of halogens is 1. The van der Waals surface area contributed by atoms with Crippen LogP contribution in [0.15, 0.2) is 62.2 Å². The molecule has 3 heterocycles. The average molecular weight is 558 g/mol. The van der Waals surface area contributed by atoms with Gasteiger partial charge in [0, 0.05) is 16.9 Å². The summed E-state index contributed by atoms with van der Waals surface area (Å²) in [7, 11) is 1.54. The van der Waals surface area contributed by atoms with Crippen LogP contribution in [0.5, 0.6) is 11.5 Å². The normalized spacial score (nSPS) is 15.5. The Morgan fingerprint density at radius 1 is 1.26 bits per heavy atom. The lowest BCUT2D eigenvalue weighted by atomic mass is 9.95. The van der Waals surface area contributed by atoms with E-state index in [1.165, 1.54) is 15.9 Å². The van der Waals surface area contributed by atoms with Gasteiger partial charge in [0.05, 0.1) is 42.2 Å². The van der Waals surface area contributed by atoms with Gasteiger partial charge in [-0.25, -0.2) is 9.79 Å². The molecule has 0 fully saturated rings. The summed E-state index contributed by atoms with van der Waals surface area (Å²) >= 11 is 4.88. The summed E-state index contributed by atoms with van der Waals surface area (Å²) in [6.07, 6.45) is 5.12. The number of carbonyl (C=O) groups is 1. The summed E-state index contributed by atoms with van der Waals surface area (Å²) in [5.74, 6) is 0.508. The smallest absolute Gasteiger partial charge is 0.338 e. The molecule has 1 aromatic carbocycles. The number of aromatic nitrogens is 2. The van der Waals surface area contributed by atoms with Gasteiger partial charge >= 0.3 is 5.97 Å². The van der Waals surface area contributed by atoms with E-state index in [9.17, 15) is 9.59 Å². The van der Waals surface area contributed by atoms with Gasteiger partial charge in [-0.15, -0.1) is 0 Å². The first-order chi connectivity index (χ1) is 16.9. The molecule has 35 heavy (non-hydrogen) atoms. The molecule has 1 atom stereocenters. The molecular weight excluding hydrogens is 534 g/mol. The minimum atomic E-state index is -0.778. The van der Waals surface area contributed by atoms with E-state index in [1.54, 1.807) is 57.6 Å². The first-order valence-electron chi connectivity index (χ1n) is 11.0. The number of pyridine rings is 1. The van der Waals surface area contributed by atoms with E-state index in [0.29, 0.717) is 48.7 Å². The lowest BCUT2D eigenvalue weighted by Crippen LogP contribution is -2.40. The Morgan fingerprint density at radius 2 is 2.06 bits per heavy atom. The van der Waals surface area contributed by atoms with Crippen LogP contribution in [0.3, 0.4) is 0 Å². The molecule has 1 aliphatic rings. The van der Waals surface area contributed by atoms with Crippen LogP contribution in [-0.4, -0.2) is 35.8 Å². The van der Waals surface area contributed by atoms with E-state index < -0.39 is 12.0 Å². The van der Waals surface area contributed by atoms with E-state index in [0.717, 1.165) is 5.56 Å². The van der Waals surface area contributed by atoms with Crippen LogP contribution in [0, 0.1) is 0 Å². The Labute approximate surface area is 214 Å². The zero-order valence-electron chi connectivity index (χ0n) is 19.7. The average Bonchev–Trinajstić information content (AvgIpc) is 3.14. The molecule has 0 aliphatic carbocycles. The molecule has 0 saturated carbocycles. The van der Waals surface area contributed by atoms with Crippen molar-refractivity contribution in [2.24, 2.45) is 4.99 Å². The number of carbonyl (C=O) groups excluding carboxylic acids is 1. The maximum absolute atomic E-state index is 13.7. The van der Waals surface area contributed by atoms with Crippen LogP contribution in [0.2, 0.25) is 0 Å². The van der Waals surface area contributed by atoms with Crippen molar-refractivity contribution in [1.29, 1.82) is 0 Å². The van der Waals surface area contributed by atoms with E-state index in [4.69, 9.17) is 14.2 Å². The van der Waals surface area contributed by atoms with Crippen molar-refractivity contribution in [3.8, 4) is 11.5 Å². The third-order valence-electron chi connectivity index (χ3n) is 5.38. The second-order valence-corrected chi connectivity index (χ2v) is 9.41. The number of hydrogen-bond acceptors (Lipinski definition) is 8.